The van der Waals surface area contributed by atoms with Crippen LogP contribution >= 0.6 is 0 Å². The normalized spacial score (nSPS) is 33.5. The highest BCUT2D eigenvalue weighted by Gasteiger charge is 2.51. The number of piperidine rings is 2. The van der Waals surface area contributed by atoms with Crippen molar-refractivity contribution in [2.75, 3.05) is 29.8 Å². The average Bonchev–Trinajstić information content (AvgIpc) is 2.92. The van der Waals surface area contributed by atoms with Gasteiger partial charge in [0.25, 0.3) is 5.56 Å². The molecule has 6 atom stereocenters. The molecule has 9 nitrogen and oxygen atoms in total. The topological polar surface area (TPSA) is 112 Å². The SMILES string of the molecule is O=C([C@@H]1Cc2cc(N([O-])O)ccc2N2CC3CC(Cn4c3cccc4=O)[C@@H]12)N1CCC2(O)CCCCC2C1. The van der Waals surface area contributed by atoms with Crippen LogP contribution in [0.1, 0.15) is 55.7 Å². The lowest BCUT2D eigenvalue weighted by Crippen LogP contribution is -2.63. The van der Waals surface area contributed by atoms with Crippen LogP contribution in [0.5, 0.6) is 0 Å². The number of rotatable bonds is 2. The Hall–Kier alpha value is -2.88. The monoisotopic (exact) mass is 519 g/mol. The van der Waals surface area contributed by atoms with Crippen molar-refractivity contribution in [3.8, 4) is 0 Å². The van der Waals surface area contributed by atoms with Gasteiger partial charge in [0, 0.05) is 61.5 Å². The molecule has 5 aliphatic rings. The number of aliphatic hydroxyl groups is 1. The number of nitrogens with zero attached hydrogens (tertiary/aromatic N) is 4. The molecule has 2 aromatic rings. The van der Waals surface area contributed by atoms with Crippen molar-refractivity contribution in [3.63, 3.8) is 0 Å². The Morgan fingerprint density at radius 2 is 1.97 bits per heavy atom. The number of amides is 1. The molecule has 3 fully saturated rings. The first-order chi connectivity index (χ1) is 18.3. The zero-order valence-electron chi connectivity index (χ0n) is 21.5. The Bertz CT molecular complexity index is 1330. The average molecular weight is 520 g/mol. The van der Waals surface area contributed by atoms with E-state index in [0.717, 1.165) is 49.0 Å². The van der Waals surface area contributed by atoms with E-state index in [2.05, 4.69) is 4.90 Å². The van der Waals surface area contributed by atoms with E-state index in [1.54, 1.807) is 18.2 Å². The van der Waals surface area contributed by atoms with Gasteiger partial charge in [0.2, 0.25) is 5.91 Å². The van der Waals surface area contributed by atoms with Crippen molar-refractivity contribution in [1.82, 2.24) is 9.47 Å². The Labute approximate surface area is 221 Å². The van der Waals surface area contributed by atoms with Crippen LogP contribution in [0.3, 0.4) is 0 Å². The number of carbonyl (C=O) groups is 1. The highest BCUT2D eigenvalue weighted by molar-refractivity contribution is 5.83. The van der Waals surface area contributed by atoms with E-state index >= 15 is 0 Å². The number of pyridine rings is 1. The predicted molar refractivity (Wildman–Crippen MR) is 142 cm³/mol. The van der Waals surface area contributed by atoms with Crippen LogP contribution < -0.4 is 15.7 Å². The molecule has 5 heterocycles. The summed E-state index contributed by atoms with van der Waals surface area (Å²) in [4.78, 5) is 31.4. The quantitative estimate of drug-likeness (QED) is 0.587. The van der Waals surface area contributed by atoms with Crippen molar-refractivity contribution in [3.05, 3.63) is 63.2 Å². The summed E-state index contributed by atoms with van der Waals surface area (Å²) >= 11 is 0. The summed E-state index contributed by atoms with van der Waals surface area (Å²) in [5, 5.41) is 32.3. The molecule has 4 unspecified atom stereocenters. The molecule has 2 N–H and O–H groups in total. The van der Waals surface area contributed by atoms with E-state index in [1.807, 2.05) is 27.7 Å². The zero-order valence-corrected chi connectivity index (χ0v) is 21.5. The van der Waals surface area contributed by atoms with E-state index in [-0.39, 0.29) is 52.1 Å². The second kappa shape index (κ2) is 8.83. The molecule has 9 heteroatoms. The van der Waals surface area contributed by atoms with Gasteiger partial charge >= 0.3 is 0 Å². The van der Waals surface area contributed by atoms with Crippen LogP contribution in [0.2, 0.25) is 0 Å². The van der Waals surface area contributed by atoms with Crippen LogP contribution in [0.4, 0.5) is 11.4 Å². The van der Waals surface area contributed by atoms with Crippen molar-refractivity contribution in [1.29, 1.82) is 0 Å². The Morgan fingerprint density at radius 3 is 2.82 bits per heavy atom. The van der Waals surface area contributed by atoms with E-state index < -0.39 is 5.60 Å². The van der Waals surface area contributed by atoms with Crippen LogP contribution in [-0.4, -0.2) is 57.0 Å². The third-order valence-electron chi connectivity index (χ3n) is 10.3. The van der Waals surface area contributed by atoms with Gasteiger partial charge in [0.15, 0.2) is 0 Å². The number of aromatic nitrogens is 1. The molecule has 2 saturated heterocycles. The summed E-state index contributed by atoms with van der Waals surface area (Å²) < 4.78 is 1.90. The lowest BCUT2D eigenvalue weighted by Gasteiger charge is -2.55. The highest BCUT2D eigenvalue weighted by Crippen LogP contribution is 2.49. The predicted octanol–water partition coefficient (Wildman–Crippen LogP) is 2.86. The zero-order chi connectivity index (χ0) is 26.2. The largest absolute Gasteiger partial charge is 0.733 e. The summed E-state index contributed by atoms with van der Waals surface area (Å²) in [6.45, 7) is 2.44. The van der Waals surface area contributed by atoms with E-state index in [9.17, 15) is 25.1 Å². The number of fused-ring (bicyclic) bond motifs is 9. The Kier molecular flexibility index (Phi) is 5.62. The lowest BCUT2D eigenvalue weighted by atomic mass is 9.68. The first-order valence-corrected chi connectivity index (χ1v) is 14.1. The summed E-state index contributed by atoms with van der Waals surface area (Å²) in [6.07, 6.45) is 5.96. The lowest BCUT2D eigenvalue weighted by molar-refractivity contribution is -0.149. The Balaban J connectivity index is 1.26. The fourth-order valence-corrected chi connectivity index (χ4v) is 8.45. The van der Waals surface area contributed by atoms with E-state index in [0.29, 0.717) is 39.0 Å². The minimum Gasteiger partial charge on any atom is -0.733 e. The smallest absolute Gasteiger partial charge is 0.250 e. The number of benzene rings is 1. The van der Waals surface area contributed by atoms with Crippen LogP contribution in [-0.2, 0) is 17.8 Å². The third-order valence-corrected chi connectivity index (χ3v) is 10.3. The van der Waals surface area contributed by atoms with Gasteiger partial charge in [0.05, 0.1) is 17.2 Å². The van der Waals surface area contributed by atoms with Crippen LogP contribution in [0.15, 0.2) is 41.2 Å². The van der Waals surface area contributed by atoms with Crippen molar-refractivity contribution < 1.29 is 15.1 Å². The highest BCUT2D eigenvalue weighted by atomic mass is 16.8. The van der Waals surface area contributed by atoms with Crippen LogP contribution in [0.25, 0.3) is 0 Å². The molecule has 1 saturated carbocycles. The first kappa shape index (κ1) is 24.2. The maximum Gasteiger partial charge on any atom is 0.250 e. The molecule has 1 aromatic carbocycles. The van der Waals surface area contributed by atoms with Gasteiger partial charge in [-0.05, 0) is 67.9 Å². The minimum atomic E-state index is -0.653. The van der Waals surface area contributed by atoms with E-state index in [4.69, 9.17) is 0 Å². The van der Waals surface area contributed by atoms with Gasteiger partial charge in [0.1, 0.15) is 0 Å². The second-order valence-electron chi connectivity index (χ2n) is 12.2. The number of anilines is 2. The van der Waals surface area contributed by atoms with Gasteiger partial charge in [-0.25, -0.2) is 0 Å². The molecule has 1 aromatic heterocycles. The summed E-state index contributed by atoms with van der Waals surface area (Å²) in [5.41, 5.74) is 2.47. The van der Waals surface area contributed by atoms with Gasteiger partial charge in [-0.3, -0.25) is 14.8 Å². The molecule has 7 rings (SSSR count). The van der Waals surface area contributed by atoms with E-state index in [1.165, 1.54) is 0 Å². The third kappa shape index (κ3) is 3.70. The maximum absolute atomic E-state index is 14.3. The summed E-state index contributed by atoms with van der Waals surface area (Å²) in [5.74, 6) is 0.233. The molecule has 0 radical (unpaired) electrons. The molecule has 1 aliphatic carbocycles. The molecule has 0 spiro atoms. The van der Waals surface area contributed by atoms with Crippen molar-refractivity contribution in [2.45, 2.75) is 69.1 Å². The van der Waals surface area contributed by atoms with Crippen molar-refractivity contribution >= 4 is 17.3 Å². The second-order valence-corrected chi connectivity index (χ2v) is 12.2. The first-order valence-electron chi connectivity index (χ1n) is 14.1. The summed E-state index contributed by atoms with van der Waals surface area (Å²) in [6, 6.07) is 10.7. The molecule has 38 heavy (non-hydrogen) atoms. The minimum absolute atomic E-state index is 0.0143. The Morgan fingerprint density at radius 1 is 1.11 bits per heavy atom. The van der Waals surface area contributed by atoms with Gasteiger partial charge in [-0.2, -0.15) is 0 Å². The number of likely N-dealkylation sites (tertiary alicyclic amines) is 1. The molecule has 202 valence electrons. The maximum atomic E-state index is 14.3. The fraction of sp³-hybridized carbons (Fsp3) is 0.586. The van der Waals surface area contributed by atoms with Crippen LogP contribution in [0, 0.1) is 23.0 Å². The van der Waals surface area contributed by atoms with Gasteiger partial charge in [-0.15, -0.1) is 0 Å². The number of hydrogen-bond donors (Lipinski definition) is 2. The summed E-state index contributed by atoms with van der Waals surface area (Å²) in [7, 11) is 0. The van der Waals surface area contributed by atoms with Gasteiger partial charge in [-0.1, -0.05) is 18.9 Å². The molecule has 1 amide bonds. The van der Waals surface area contributed by atoms with Crippen molar-refractivity contribution in [2.24, 2.45) is 17.8 Å². The molecular weight excluding hydrogens is 484 g/mol. The fourth-order valence-electron chi connectivity index (χ4n) is 8.45. The van der Waals surface area contributed by atoms with Gasteiger partial charge < -0.3 is 29.9 Å². The molecular formula is C29H35N4O5-. The number of carbonyl (C=O) groups excluding carboxylic acids is 1. The molecule has 2 bridgehead atoms. The molecule has 4 aliphatic heterocycles. The standard InChI is InChI=1S/C29H35N4O5/c34-26-6-3-5-24-19-12-20(16-31(24)26)27-23(14-18-13-22(33(37)38)7-8-25(18)32(27)15-19)28(35)30-11-10-29(36)9-2-1-4-21(29)17-30/h3,5-8,13,19-21,23,27,36-37H,1-2,4,9-12,14-17H2/q-1/t19?,20?,21?,23-,27+,29?/m1/s1. The number of hydrogen-bond acceptors (Lipinski definition) is 7.